The summed E-state index contributed by atoms with van der Waals surface area (Å²) in [5.74, 6) is 0. The van der Waals surface area contributed by atoms with Crippen LogP contribution in [0.25, 0.3) is 0 Å². The fraction of sp³-hybridized carbons (Fsp3) is 1.00. The van der Waals surface area contributed by atoms with Crippen LogP contribution in [-0.2, 0) is 14.2 Å². The molecule has 2 aliphatic carbocycles. The largest absolute Gasteiger partial charge is 0.381 e. The van der Waals surface area contributed by atoms with Gasteiger partial charge in [0.2, 0.25) is 0 Å². The van der Waals surface area contributed by atoms with Gasteiger partial charge in [-0.15, -0.1) is 0 Å². The average molecular weight is 311 g/mol. The van der Waals surface area contributed by atoms with Crippen molar-refractivity contribution in [2.45, 2.75) is 76.0 Å². The fourth-order valence-electron chi connectivity index (χ4n) is 4.86. The lowest BCUT2D eigenvalue weighted by atomic mass is 9.55. The molecule has 0 unspecified atom stereocenters. The summed E-state index contributed by atoms with van der Waals surface area (Å²) in [5.41, 5.74) is 0.374. The van der Waals surface area contributed by atoms with Crippen molar-refractivity contribution in [1.29, 1.82) is 0 Å². The molecular weight excluding hydrogens is 278 g/mol. The Kier molecular flexibility index (Phi) is 5.43. The molecule has 0 aromatic heterocycles. The van der Waals surface area contributed by atoms with Crippen molar-refractivity contribution < 1.29 is 14.2 Å². The first-order valence-corrected chi connectivity index (χ1v) is 9.23. The van der Waals surface area contributed by atoms with Crippen LogP contribution < -0.4 is 5.32 Å². The number of hydrogen-bond acceptors (Lipinski definition) is 4. The van der Waals surface area contributed by atoms with Crippen LogP contribution in [-0.4, -0.2) is 51.2 Å². The van der Waals surface area contributed by atoms with Crippen LogP contribution >= 0.6 is 0 Å². The molecule has 4 heteroatoms. The molecule has 1 N–H and O–H groups in total. The summed E-state index contributed by atoms with van der Waals surface area (Å²) in [6.45, 7) is 5.58. The lowest BCUT2D eigenvalue weighted by Gasteiger charge is -2.58. The second-order valence-corrected chi connectivity index (χ2v) is 7.41. The summed E-state index contributed by atoms with van der Waals surface area (Å²) < 4.78 is 17.4. The molecule has 2 atom stereocenters. The molecule has 3 rings (SSSR count). The minimum absolute atomic E-state index is 0.0230. The van der Waals surface area contributed by atoms with Crippen LogP contribution in [0.3, 0.4) is 0 Å². The Morgan fingerprint density at radius 3 is 2.45 bits per heavy atom. The Morgan fingerprint density at radius 2 is 1.82 bits per heavy atom. The Balaban J connectivity index is 1.59. The van der Waals surface area contributed by atoms with Crippen molar-refractivity contribution in [2.75, 3.05) is 33.5 Å². The number of hydrogen-bond donors (Lipinski definition) is 1. The average Bonchev–Trinajstić information content (AvgIpc) is 2.59. The van der Waals surface area contributed by atoms with Crippen LogP contribution in [0.4, 0.5) is 0 Å². The van der Waals surface area contributed by atoms with E-state index in [9.17, 15) is 0 Å². The number of ether oxygens (including phenoxy) is 3. The lowest BCUT2D eigenvalue weighted by Crippen LogP contribution is -2.66. The fourth-order valence-corrected chi connectivity index (χ4v) is 4.86. The van der Waals surface area contributed by atoms with Crippen molar-refractivity contribution in [3.05, 3.63) is 0 Å². The summed E-state index contributed by atoms with van der Waals surface area (Å²) in [5, 5.41) is 3.87. The van der Waals surface area contributed by atoms with Crippen molar-refractivity contribution in [1.82, 2.24) is 5.32 Å². The standard InChI is InChI=1S/C18H33NO3/c1-3-22-16-13-15(18(16)7-5-4-6-8-18)19-14-17(20-2)9-11-21-12-10-17/h15-16,19H,3-14H2,1-2H3/t15-,16-/m0/s1. The van der Waals surface area contributed by atoms with E-state index in [1.54, 1.807) is 0 Å². The van der Waals surface area contributed by atoms with Gasteiger partial charge in [-0.3, -0.25) is 0 Å². The molecular formula is C18H33NO3. The highest BCUT2D eigenvalue weighted by atomic mass is 16.5. The quantitative estimate of drug-likeness (QED) is 0.819. The summed E-state index contributed by atoms with van der Waals surface area (Å²) in [4.78, 5) is 0. The minimum atomic E-state index is -0.0230. The number of methoxy groups -OCH3 is 1. The topological polar surface area (TPSA) is 39.7 Å². The first-order valence-electron chi connectivity index (χ1n) is 9.23. The zero-order valence-electron chi connectivity index (χ0n) is 14.4. The minimum Gasteiger partial charge on any atom is -0.381 e. The van der Waals surface area contributed by atoms with Crippen LogP contribution in [0.2, 0.25) is 0 Å². The number of nitrogens with one attached hydrogen (secondary N) is 1. The Morgan fingerprint density at radius 1 is 1.09 bits per heavy atom. The molecule has 128 valence electrons. The van der Waals surface area contributed by atoms with E-state index in [-0.39, 0.29) is 5.60 Å². The van der Waals surface area contributed by atoms with Crippen LogP contribution in [0, 0.1) is 5.41 Å². The third-order valence-electron chi connectivity index (χ3n) is 6.44. The highest BCUT2D eigenvalue weighted by Gasteiger charge is 2.55. The Labute approximate surface area is 135 Å². The van der Waals surface area contributed by atoms with Crippen LogP contribution in [0.1, 0.15) is 58.3 Å². The van der Waals surface area contributed by atoms with Gasteiger partial charge in [-0.05, 0) is 26.2 Å². The molecule has 2 saturated carbocycles. The molecule has 1 saturated heterocycles. The monoisotopic (exact) mass is 311 g/mol. The summed E-state index contributed by atoms with van der Waals surface area (Å²) in [6.07, 6.45) is 10.4. The van der Waals surface area contributed by atoms with Gasteiger partial charge in [0.05, 0.1) is 11.7 Å². The van der Waals surface area contributed by atoms with E-state index in [4.69, 9.17) is 14.2 Å². The normalized spacial score (nSPS) is 33.5. The lowest BCUT2D eigenvalue weighted by molar-refractivity contribution is -0.157. The smallest absolute Gasteiger partial charge is 0.0846 e. The van der Waals surface area contributed by atoms with Crippen molar-refractivity contribution in [2.24, 2.45) is 5.41 Å². The highest BCUT2D eigenvalue weighted by molar-refractivity contribution is 5.09. The molecule has 3 aliphatic rings. The molecule has 22 heavy (non-hydrogen) atoms. The van der Waals surface area contributed by atoms with Gasteiger partial charge in [0.25, 0.3) is 0 Å². The molecule has 0 aromatic carbocycles. The molecule has 0 radical (unpaired) electrons. The molecule has 0 bridgehead atoms. The van der Waals surface area contributed by atoms with Gasteiger partial charge in [-0.1, -0.05) is 19.3 Å². The van der Waals surface area contributed by atoms with Crippen molar-refractivity contribution in [3.8, 4) is 0 Å². The van der Waals surface area contributed by atoms with Gasteiger partial charge in [0, 0.05) is 57.8 Å². The molecule has 0 amide bonds. The number of rotatable bonds is 6. The summed E-state index contributed by atoms with van der Waals surface area (Å²) in [6, 6.07) is 0.610. The van der Waals surface area contributed by atoms with E-state index in [1.807, 2.05) is 7.11 Å². The molecule has 1 heterocycles. The van der Waals surface area contributed by atoms with Gasteiger partial charge in [-0.25, -0.2) is 0 Å². The van der Waals surface area contributed by atoms with Gasteiger partial charge in [-0.2, -0.15) is 0 Å². The molecule has 3 fully saturated rings. The maximum Gasteiger partial charge on any atom is 0.0846 e. The maximum absolute atomic E-state index is 6.05. The Hall–Kier alpha value is -0.160. The van der Waals surface area contributed by atoms with E-state index >= 15 is 0 Å². The third-order valence-corrected chi connectivity index (χ3v) is 6.44. The van der Waals surface area contributed by atoms with Crippen LogP contribution in [0.15, 0.2) is 0 Å². The van der Waals surface area contributed by atoms with E-state index in [2.05, 4.69) is 12.2 Å². The van der Waals surface area contributed by atoms with Gasteiger partial charge in [0.15, 0.2) is 0 Å². The SMILES string of the molecule is CCO[C@H]1C[C@H](NCC2(OC)CCOCC2)C12CCCCC2. The van der Waals surface area contributed by atoms with Gasteiger partial charge in [0.1, 0.15) is 0 Å². The Bertz CT molecular complexity index is 348. The molecule has 1 aliphatic heterocycles. The molecule has 4 nitrogen and oxygen atoms in total. The van der Waals surface area contributed by atoms with Crippen molar-refractivity contribution >= 4 is 0 Å². The van der Waals surface area contributed by atoms with Gasteiger partial charge >= 0.3 is 0 Å². The first kappa shape index (κ1) is 16.7. The first-order chi connectivity index (χ1) is 10.7. The van der Waals surface area contributed by atoms with E-state index in [1.165, 1.54) is 38.5 Å². The third kappa shape index (κ3) is 3.08. The predicted octanol–water partition coefficient (Wildman–Crippen LogP) is 2.90. The predicted molar refractivity (Wildman–Crippen MR) is 87.1 cm³/mol. The van der Waals surface area contributed by atoms with E-state index in [0.29, 0.717) is 17.6 Å². The summed E-state index contributed by atoms with van der Waals surface area (Å²) in [7, 11) is 1.85. The van der Waals surface area contributed by atoms with Crippen molar-refractivity contribution in [3.63, 3.8) is 0 Å². The molecule has 1 spiro atoms. The highest BCUT2D eigenvalue weighted by Crippen LogP contribution is 2.53. The summed E-state index contributed by atoms with van der Waals surface area (Å²) >= 11 is 0. The second-order valence-electron chi connectivity index (χ2n) is 7.41. The molecule has 0 aromatic rings. The van der Waals surface area contributed by atoms with E-state index < -0.39 is 0 Å². The van der Waals surface area contributed by atoms with Crippen LogP contribution in [0.5, 0.6) is 0 Å². The maximum atomic E-state index is 6.05. The van der Waals surface area contributed by atoms with Gasteiger partial charge < -0.3 is 19.5 Å². The zero-order chi connectivity index (χ0) is 15.5. The second kappa shape index (κ2) is 7.16. The van der Waals surface area contributed by atoms with E-state index in [0.717, 1.165) is 39.2 Å². The zero-order valence-corrected chi connectivity index (χ0v) is 14.4.